The topological polar surface area (TPSA) is 45.2 Å². The largest absolute Gasteiger partial charge is 0.355 e. The van der Waals surface area contributed by atoms with Crippen molar-refractivity contribution in [3.63, 3.8) is 0 Å². The van der Waals surface area contributed by atoms with Crippen LogP contribution in [-0.4, -0.2) is 58.4 Å². The van der Waals surface area contributed by atoms with Gasteiger partial charge in [-0.15, -0.1) is 0 Å². The Kier molecular flexibility index (Phi) is 5.64. The van der Waals surface area contributed by atoms with Gasteiger partial charge in [0, 0.05) is 80.8 Å². The Morgan fingerprint density at radius 3 is 2.26 bits per heavy atom. The molecule has 7 aliphatic heterocycles. The highest BCUT2D eigenvalue weighted by Gasteiger charge is 2.66. The first-order valence-electron chi connectivity index (χ1n) is 17.2. The number of anilines is 5. The molecule has 236 valence electrons. The average molecular weight is 621 g/mol. The second kappa shape index (κ2) is 9.77. The van der Waals surface area contributed by atoms with E-state index in [9.17, 15) is 0 Å². The molecule has 47 heavy (non-hydrogen) atoms. The van der Waals surface area contributed by atoms with Crippen LogP contribution < -0.4 is 19.6 Å². The molecule has 4 unspecified atom stereocenters. The highest BCUT2D eigenvalue weighted by molar-refractivity contribution is 5.88. The third kappa shape index (κ3) is 3.48. The first-order chi connectivity index (χ1) is 23.1. The fourth-order valence-electron chi connectivity index (χ4n) is 9.53. The van der Waals surface area contributed by atoms with Crippen LogP contribution in [0.3, 0.4) is 0 Å². The Labute approximate surface area is 276 Å². The second-order valence-corrected chi connectivity index (χ2v) is 14.2. The molecule has 8 heterocycles. The van der Waals surface area contributed by atoms with E-state index in [1.807, 2.05) is 12.4 Å². The highest BCUT2D eigenvalue weighted by Crippen LogP contribution is 2.63. The van der Waals surface area contributed by atoms with Gasteiger partial charge in [0.2, 0.25) is 0 Å². The van der Waals surface area contributed by atoms with E-state index in [-0.39, 0.29) is 18.5 Å². The lowest BCUT2D eigenvalue weighted by atomic mass is 9.68. The van der Waals surface area contributed by atoms with Crippen LogP contribution in [0.4, 0.5) is 28.7 Å². The SMILES string of the molecule is CC(C)c1ccc2c(c1)N1c3nccnc3N(C)C1C21c2ccccc2N2C=CN3CCCCN4C=CN(c5ccccc5CC32)C41. The minimum atomic E-state index is -0.530. The number of nitrogens with zero attached hydrogens (tertiary/aromatic N) is 8. The summed E-state index contributed by atoms with van der Waals surface area (Å²) in [6.45, 7) is 6.61. The summed E-state index contributed by atoms with van der Waals surface area (Å²) in [6, 6.07) is 25.6. The first kappa shape index (κ1) is 27.2. The number of likely N-dealkylation sites (N-methyl/N-ethyl adjacent to an activating group) is 1. The second-order valence-electron chi connectivity index (χ2n) is 14.2. The maximum atomic E-state index is 5.03. The predicted molar refractivity (Wildman–Crippen MR) is 188 cm³/mol. The predicted octanol–water partition coefficient (Wildman–Crippen LogP) is 6.70. The standard InChI is InChI=1S/C39H40N8/c1-26(2)27-14-15-30-33(24-27)47-36-35(40-16-17-41-36)42(3)37(47)39(30)29-11-5-7-13-32(29)45-22-20-43-18-8-9-19-44-21-23-46(38(39)44)31-12-6-4-10-28(31)25-34(43)45/h4-7,10-17,20-24,26,34,37-38H,8-9,18-19,25H2,1-3H3. The molecule has 8 nitrogen and oxygen atoms in total. The molecule has 0 fully saturated rings. The Bertz CT molecular complexity index is 1970. The number of hydrogen-bond acceptors (Lipinski definition) is 8. The molecule has 6 bridgehead atoms. The lowest BCUT2D eigenvalue weighted by molar-refractivity contribution is 0.186. The Hall–Kier alpha value is -4.98. The van der Waals surface area contributed by atoms with Crippen LogP contribution in [-0.2, 0) is 11.8 Å². The molecular weight excluding hydrogens is 580 g/mol. The molecule has 7 aliphatic rings. The zero-order valence-electron chi connectivity index (χ0n) is 27.2. The molecular formula is C39H40N8. The van der Waals surface area contributed by atoms with E-state index in [4.69, 9.17) is 9.97 Å². The summed E-state index contributed by atoms with van der Waals surface area (Å²) in [5.74, 6) is 2.27. The quantitative estimate of drug-likeness (QED) is 0.233. The summed E-state index contributed by atoms with van der Waals surface area (Å²) >= 11 is 0. The van der Waals surface area contributed by atoms with Gasteiger partial charge < -0.3 is 29.4 Å². The van der Waals surface area contributed by atoms with Crippen molar-refractivity contribution in [2.75, 3.05) is 39.7 Å². The maximum Gasteiger partial charge on any atom is 0.178 e. The average Bonchev–Trinajstić information content (AvgIpc) is 3.84. The lowest BCUT2D eigenvalue weighted by Crippen LogP contribution is -2.64. The summed E-state index contributed by atoms with van der Waals surface area (Å²) in [7, 11) is 2.23. The van der Waals surface area contributed by atoms with Crippen molar-refractivity contribution in [1.82, 2.24) is 19.8 Å². The van der Waals surface area contributed by atoms with Gasteiger partial charge in [0.15, 0.2) is 11.6 Å². The number of benzene rings is 3. The van der Waals surface area contributed by atoms with E-state index in [1.54, 1.807) is 0 Å². The number of hydrogen-bond donors (Lipinski definition) is 0. The molecule has 3 aromatic carbocycles. The molecule has 0 saturated carbocycles. The van der Waals surface area contributed by atoms with E-state index in [0.29, 0.717) is 5.92 Å². The van der Waals surface area contributed by atoms with Crippen LogP contribution >= 0.6 is 0 Å². The fourth-order valence-corrected chi connectivity index (χ4v) is 9.53. The summed E-state index contributed by atoms with van der Waals surface area (Å²) in [5, 5.41) is 0. The third-order valence-electron chi connectivity index (χ3n) is 11.5. The number of para-hydroxylation sites is 2. The van der Waals surface area contributed by atoms with Gasteiger partial charge in [0.05, 0.1) is 0 Å². The maximum absolute atomic E-state index is 5.03. The molecule has 0 saturated heterocycles. The van der Waals surface area contributed by atoms with Crippen molar-refractivity contribution in [3.05, 3.63) is 126 Å². The molecule has 1 aromatic heterocycles. The Balaban J connectivity index is 1.36. The van der Waals surface area contributed by atoms with Crippen molar-refractivity contribution < 1.29 is 0 Å². The van der Waals surface area contributed by atoms with Crippen LogP contribution in [0.2, 0.25) is 0 Å². The van der Waals surface area contributed by atoms with Gasteiger partial charge >= 0.3 is 0 Å². The highest BCUT2D eigenvalue weighted by atomic mass is 15.5. The van der Waals surface area contributed by atoms with Crippen molar-refractivity contribution >= 4 is 28.7 Å². The van der Waals surface area contributed by atoms with Gasteiger partial charge in [0.1, 0.15) is 23.9 Å². The van der Waals surface area contributed by atoms with E-state index < -0.39 is 5.41 Å². The van der Waals surface area contributed by atoms with E-state index in [0.717, 1.165) is 44.0 Å². The van der Waals surface area contributed by atoms with Crippen LogP contribution in [0.1, 0.15) is 54.9 Å². The van der Waals surface area contributed by atoms with Gasteiger partial charge in [-0.1, -0.05) is 62.4 Å². The molecule has 11 rings (SSSR count). The minimum Gasteiger partial charge on any atom is -0.355 e. The number of fused-ring (bicyclic) bond motifs is 8. The fraction of sp³-hybridized carbons (Fsp3) is 0.333. The molecule has 1 spiro atoms. The van der Waals surface area contributed by atoms with Gasteiger partial charge in [-0.05, 0) is 59.2 Å². The molecule has 0 N–H and O–H groups in total. The molecule has 0 aliphatic carbocycles. The smallest absolute Gasteiger partial charge is 0.178 e. The third-order valence-corrected chi connectivity index (χ3v) is 11.5. The van der Waals surface area contributed by atoms with Crippen molar-refractivity contribution in [2.24, 2.45) is 0 Å². The minimum absolute atomic E-state index is 0.0288. The molecule has 4 aromatic rings. The number of rotatable bonds is 1. The zero-order chi connectivity index (χ0) is 31.4. The summed E-state index contributed by atoms with van der Waals surface area (Å²) in [5.41, 5.74) is 8.66. The normalized spacial score (nSPS) is 26.3. The first-order valence-corrected chi connectivity index (χ1v) is 17.2. The summed E-state index contributed by atoms with van der Waals surface area (Å²) in [6.07, 6.45) is 16.4. The van der Waals surface area contributed by atoms with E-state index >= 15 is 0 Å². The molecule has 4 atom stereocenters. The van der Waals surface area contributed by atoms with E-state index in [2.05, 4.69) is 142 Å². The van der Waals surface area contributed by atoms with Crippen LogP contribution in [0.25, 0.3) is 0 Å². The molecule has 0 radical (unpaired) electrons. The van der Waals surface area contributed by atoms with Crippen LogP contribution in [0.5, 0.6) is 0 Å². The molecule has 0 amide bonds. The summed E-state index contributed by atoms with van der Waals surface area (Å²) < 4.78 is 0. The zero-order valence-corrected chi connectivity index (χ0v) is 27.2. The summed E-state index contributed by atoms with van der Waals surface area (Å²) in [4.78, 5) is 25.3. The van der Waals surface area contributed by atoms with E-state index in [1.165, 1.54) is 39.3 Å². The van der Waals surface area contributed by atoms with Crippen LogP contribution in [0.15, 0.2) is 104 Å². The van der Waals surface area contributed by atoms with Crippen molar-refractivity contribution in [2.45, 2.75) is 62.9 Å². The van der Waals surface area contributed by atoms with Crippen LogP contribution in [0, 0.1) is 0 Å². The van der Waals surface area contributed by atoms with Crippen molar-refractivity contribution in [1.29, 1.82) is 0 Å². The Morgan fingerprint density at radius 1 is 0.702 bits per heavy atom. The van der Waals surface area contributed by atoms with Gasteiger partial charge in [-0.3, -0.25) is 0 Å². The lowest BCUT2D eigenvalue weighted by Gasteiger charge is -2.52. The van der Waals surface area contributed by atoms with Crippen molar-refractivity contribution in [3.8, 4) is 0 Å². The van der Waals surface area contributed by atoms with Gasteiger partial charge in [-0.25, -0.2) is 9.97 Å². The van der Waals surface area contributed by atoms with Gasteiger partial charge in [0.25, 0.3) is 0 Å². The van der Waals surface area contributed by atoms with Gasteiger partial charge in [-0.2, -0.15) is 0 Å². The Morgan fingerprint density at radius 2 is 1.40 bits per heavy atom. The number of aromatic nitrogens is 2. The molecule has 8 heteroatoms. The monoisotopic (exact) mass is 620 g/mol.